The highest BCUT2D eigenvalue weighted by Gasteiger charge is 2.49. The van der Waals surface area contributed by atoms with Crippen molar-refractivity contribution < 1.29 is 0 Å². The summed E-state index contributed by atoms with van der Waals surface area (Å²) < 4.78 is 0. The van der Waals surface area contributed by atoms with Gasteiger partial charge in [-0.2, -0.15) is 0 Å². The van der Waals surface area contributed by atoms with Crippen LogP contribution in [0.4, 0.5) is 0 Å². The third kappa shape index (κ3) is 1.08. The van der Waals surface area contributed by atoms with Crippen molar-refractivity contribution in [3.8, 4) is 0 Å². The van der Waals surface area contributed by atoms with Crippen LogP contribution in [0.5, 0.6) is 0 Å². The second kappa shape index (κ2) is 2.05. The third-order valence-corrected chi connectivity index (χ3v) is 2.88. The van der Waals surface area contributed by atoms with Gasteiger partial charge in [0.15, 0.2) is 0 Å². The van der Waals surface area contributed by atoms with Gasteiger partial charge in [0.2, 0.25) is 0 Å². The smallest absolute Gasteiger partial charge is 0.0362 e. The van der Waals surface area contributed by atoms with Crippen LogP contribution < -0.4 is 5.73 Å². The van der Waals surface area contributed by atoms with Crippen LogP contribution in [0.15, 0.2) is 0 Å². The second-order valence-electron chi connectivity index (χ2n) is 4.01. The molecule has 0 spiro atoms. The Balaban J connectivity index is 2.09. The standard InChI is InChI=1S/C8H15N3/c1-11-4-6(7(9)5-11)8(10)2-3-8/h6,9H,2-5,10H2,1H3. The van der Waals surface area contributed by atoms with Crippen molar-refractivity contribution >= 4 is 5.71 Å². The number of nitrogens with one attached hydrogen (secondary N) is 1. The summed E-state index contributed by atoms with van der Waals surface area (Å²) in [6.07, 6.45) is 2.24. The molecule has 2 aliphatic rings. The van der Waals surface area contributed by atoms with Gasteiger partial charge in [0.1, 0.15) is 0 Å². The lowest BCUT2D eigenvalue weighted by Gasteiger charge is -2.17. The van der Waals surface area contributed by atoms with Gasteiger partial charge in [0.05, 0.1) is 0 Å². The highest BCUT2D eigenvalue weighted by atomic mass is 15.1. The summed E-state index contributed by atoms with van der Waals surface area (Å²) in [6.45, 7) is 1.82. The molecule has 1 unspecified atom stereocenters. The predicted molar refractivity (Wildman–Crippen MR) is 44.9 cm³/mol. The highest BCUT2D eigenvalue weighted by Crippen LogP contribution is 2.42. The molecule has 1 aliphatic carbocycles. The Hall–Kier alpha value is -0.410. The van der Waals surface area contributed by atoms with Crippen molar-refractivity contribution in [1.82, 2.24) is 4.90 Å². The van der Waals surface area contributed by atoms with E-state index in [1.54, 1.807) is 0 Å². The first kappa shape index (κ1) is 7.25. The van der Waals surface area contributed by atoms with Crippen molar-refractivity contribution in [2.45, 2.75) is 18.4 Å². The first-order valence-corrected chi connectivity index (χ1v) is 4.16. The fraction of sp³-hybridized carbons (Fsp3) is 0.875. The van der Waals surface area contributed by atoms with Crippen LogP contribution in [0.3, 0.4) is 0 Å². The summed E-state index contributed by atoms with van der Waals surface area (Å²) in [6, 6.07) is 0. The molecule has 1 saturated heterocycles. The zero-order chi connectivity index (χ0) is 8.06. The van der Waals surface area contributed by atoms with Crippen molar-refractivity contribution in [3.63, 3.8) is 0 Å². The van der Waals surface area contributed by atoms with Crippen molar-refractivity contribution in [1.29, 1.82) is 5.41 Å². The molecule has 0 bridgehead atoms. The Labute approximate surface area is 67.1 Å². The molecule has 3 N–H and O–H groups in total. The summed E-state index contributed by atoms with van der Waals surface area (Å²) in [5.41, 5.74) is 6.89. The van der Waals surface area contributed by atoms with Gasteiger partial charge in [-0.15, -0.1) is 0 Å². The van der Waals surface area contributed by atoms with E-state index in [0.717, 1.165) is 31.6 Å². The van der Waals surface area contributed by atoms with Gasteiger partial charge in [-0.05, 0) is 19.9 Å². The maximum atomic E-state index is 7.71. The fourth-order valence-electron chi connectivity index (χ4n) is 1.91. The molecule has 3 heteroatoms. The van der Waals surface area contributed by atoms with E-state index in [-0.39, 0.29) is 5.54 Å². The lowest BCUT2D eigenvalue weighted by molar-refractivity contribution is 0.366. The average Bonchev–Trinajstić information content (AvgIpc) is 2.55. The van der Waals surface area contributed by atoms with Crippen LogP contribution in [0.25, 0.3) is 0 Å². The topological polar surface area (TPSA) is 53.1 Å². The Kier molecular flexibility index (Phi) is 1.35. The molecule has 3 nitrogen and oxygen atoms in total. The van der Waals surface area contributed by atoms with Crippen LogP contribution in [-0.4, -0.2) is 36.3 Å². The molecule has 11 heavy (non-hydrogen) atoms. The summed E-state index contributed by atoms with van der Waals surface area (Å²) >= 11 is 0. The van der Waals surface area contributed by atoms with Crippen molar-refractivity contribution in [2.75, 3.05) is 20.1 Å². The van der Waals surface area contributed by atoms with Gasteiger partial charge < -0.3 is 16.0 Å². The van der Waals surface area contributed by atoms with Crippen molar-refractivity contribution in [3.05, 3.63) is 0 Å². The van der Waals surface area contributed by atoms with Gasteiger partial charge in [-0.3, -0.25) is 0 Å². The minimum atomic E-state index is 0.0157. The predicted octanol–water partition coefficient (Wildman–Crippen LogP) is 0.0591. The van der Waals surface area contributed by atoms with E-state index in [2.05, 4.69) is 11.9 Å². The van der Waals surface area contributed by atoms with Gasteiger partial charge in [-0.25, -0.2) is 0 Å². The highest BCUT2D eigenvalue weighted by molar-refractivity contribution is 5.89. The zero-order valence-corrected chi connectivity index (χ0v) is 6.93. The normalized spacial score (nSPS) is 36.2. The monoisotopic (exact) mass is 153 g/mol. The van der Waals surface area contributed by atoms with E-state index in [1.165, 1.54) is 0 Å². The number of hydrogen-bond donors (Lipinski definition) is 2. The van der Waals surface area contributed by atoms with Crippen LogP contribution in [0, 0.1) is 11.3 Å². The van der Waals surface area contributed by atoms with Crippen LogP contribution >= 0.6 is 0 Å². The van der Waals surface area contributed by atoms with Crippen molar-refractivity contribution in [2.24, 2.45) is 11.7 Å². The van der Waals surface area contributed by atoms with E-state index in [0.29, 0.717) is 5.92 Å². The molecule has 1 heterocycles. The Morgan fingerprint density at radius 2 is 2.27 bits per heavy atom. The summed E-state index contributed by atoms with van der Waals surface area (Å²) in [5.74, 6) is 0.354. The molecule has 0 radical (unpaired) electrons. The maximum absolute atomic E-state index is 7.71. The molecule has 1 atom stereocenters. The summed E-state index contributed by atoms with van der Waals surface area (Å²) in [4.78, 5) is 2.18. The Morgan fingerprint density at radius 1 is 1.64 bits per heavy atom. The molecular formula is C8H15N3. The van der Waals surface area contributed by atoms with E-state index >= 15 is 0 Å². The molecule has 62 valence electrons. The molecule has 1 saturated carbocycles. The molecule has 0 aromatic rings. The maximum Gasteiger partial charge on any atom is 0.0362 e. The number of nitrogens with zero attached hydrogens (tertiary/aromatic N) is 1. The number of hydrogen-bond acceptors (Lipinski definition) is 3. The van der Waals surface area contributed by atoms with E-state index in [9.17, 15) is 0 Å². The van der Waals surface area contributed by atoms with E-state index < -0.39 is 0 Å². The minimum Gasteiger partial charge on any atom is -0.324 e. The van der Waals surface area contributed by atoms with Crippen LogP contribution in [-0.2, 0) is 0 Å². The summed E-state index contributed by atoms with van der Waals surface area (Å²) in [5, 5.41) is 7.71. The molecule has 0 aromatic carbocycles. The lowest BCUT2D eigenvalue weighted by atomic mass is 9.96. The molecule has 1 aliphatic heterocycles. The second-order valence-corrected chi connectivity index (χ2v) is 4.01. The Bertz CT molecular complexity index is 196. The minimum absolute atomic E-state index is 0.0157. The van der Waals surface area contributed by atoms with E-state index in [4.69, 9.17) is 11.1 Å². The largest absolute Gasteiger partial charge is 0.324 e. The fourth-order valence-corrected chi connectivity index (χ4v) is 1.91. The average molecular weight is 153 g/mol. The molecule has 0 amide bonds. The van der Waals surface area contributed by atoms with E-state index in [1.807, 2.05) is 0 Å². The van der Waals surface area contributed by atoms with Gasteiger partial charge in [0, 0.05) is 30.3 Å². The summed E-state index contributed by atoms with van der Waals surface area (Å²) in [7, 11) is 2.06. The molecule has 0 aromatic heterocycles. The molecule has 2 fully saturated rings. The first-order valence-electron chi connectivity index (χ1n) is 4.16. The first-order chi connectivity index (χ1) is 5.12. The molecular weight excluding hydrogens is 138 g/mol. The number of rotatable bonds is 1. The van der Waals surface area contributed by atoms with Gasteiger partial charge in [-0.1, -0.05) is 0 Å². The van der Waals surface area contributed by atoms with Gasteiger partial charge >= 0.3 is 0 Å². The molecule has 2 rings (SSSR count). The van der Waals surface area contributed by atoms with Crippen LogP contribution in [0.2, 0.25) is 0 Å². The third-order valence-electron chi connectivity index (χ3n) is 2.88. The van der Waals surface area contributed by atoms with Gasteiger partial charge in [0.25, 0.3) is 0 Å². The van der Waals surface area contributed by atoms with Crippen LogP contribution in [0.1, 0.15) is 12.8 Å². The zero-order valence-electron chi connectivity index (χ0n) is 6.93. The number of nitrogens with two attached hydrogens (primary N) is 1. The Morgan fingerprint density at radius 3 is 2.64 bits per heavy atom. The lowest BCUT2D eigenvalue weighted by Crippen LogP contribution is -2.37. The quantitative estimate of drug-likeness (QED) is 0.559. The number of likely N-dealkylation sites (tertiary alicyclic amines) is 1. The SMILES string of the molecule is CN1CC(=N)C(C2(N)CC2)C1.